The Labute approximate surface area is 197 Å². The zero-order valence-electron chi connectivity index (χ0n) is 20.1. The molecule has 33 heavy (non-hydrogen) atoms. The second-order valence-electron chi connectivity index (χ2n) is 8.81. The molecule has 2 aromatic carbocycles. The number of carbonyl (C=O) groups is 1. The fourth-order valence-corrected chi connectivity index (χ4v) is 4.47. The standard InChI is InChI=1S/C27H35N5O/c1-4-9-25-18-23(29-32(25)24-11-6-5-7-12-24)19-28-20-27(33)31-16-14-30(15-17-31)26-13-8-10-21(2)22(26)3/h5-8,10-13,18,28H,4,9,14-17,19-20H2,1-3H3. The third-order valence-corrected chi connectivity index (χ3v) is 6.47. The molecular formula is C27H35N5O. The highest BCUT2D eigenvalue weighted by Gasteiger charge is 2.22. The molecule has 3 aromatic rings. The summed E-state index contributed by atoms with van der Waals surface area (Å²) in [4.78, 5) is 17.1. The van der Waals surface area contributed by atoms with Gasteiger partial charge in [0.15, 0.2) is 0 Å². The van der Waals surface area contributed by atoms with Gasteiger partial charge < -0.3 is 15.1 Å². The van der Waals surface area contributed by atoms with Gasteiger partial charge in [-0.3, -0.25) is 4.79 Å². The molecule has 1 amide bonds. The van der Waals surface area contributed by atoms with Gasteiger partial charge >= 0.3 is 0 Å². The number of benzene rings is 2. The number of carbonyl (C=O) groups excluding carboxylic acids is 1. The average molecular weight is 446 g/mol. The molecule has 6 heteroatoms. The monoisotopic (exact) mass is 445 g/mol. The zero-order valence-corrected chi connectivity index (χ0v) is 20.1. The van der Waals surface area contributed by atoms with Crippen molar-refractivity contribution in [3.63, 3.8) is 0 Å². The number of anilines is 1. The molecule has 0 bridgehead atoms. The largest absolute Gasteiger partial charge is 0.368 e. The quantitative estimate of drug-likeness (QED) is 0.572. The summed E-state index contributed by atoms with van der Waals surface area (Å²) < 4.78 is 2.02. The minimum Gasteiger partial charge on any atom is -0.368 e. The molecule has 0 saturated carbocycles. The van der Waals surface area contributed by atoms with E-state index in [1.807, 2.05) is 27.8 Å². The highest BCUT2D eigenvalue weighted by atomic mass is 16.2. The topological polar surface area (TPSA) is 53.4 Å². The van der Waals surface area contributed by atoms with Crippen LogP contribution in [0.3, 0.4) is 0 Å². The Balaban J connectivity index is 1.29. The van der Waals surface area contributed by atoms with Crippen LogP contribution >= 0.6 is 0 Å². The maximum atomic E-state index is 12.8. The maximum absolute atomic E-state index is 12.8. The molecule has 1 N–H and O–H groups in total. The van der Waals surface area contributed by atoms with Crippen molar-refractivity contribution >= 4 is 11.6 Å². The molecule has 0 unspecified atom stereocenters. The summed E-state index contributed by atoms with van der Waals surface area (Å²) in [5.74, 6) is 0.159. The second kappa shape index (κ2) is 10.7. The normalized spacial score (nSPS) is 14.0. The van der Waals surface area contributed by atoms with E-state index in [9.17, 15) is 4.79 Å². The number of nitrogens with one attached hydrogen (secondary N) is 1. The van der Waals surface area contributed by atoms with Gasteiger partial charge in [-0.2, -0.15) is 5.10 Å². The number of hydrogen-bond acceptors (Lipinski definition) is 4. The molecule has 1 saturated heterocycles. The lowest BCUT2D eigenvalue weighted by molar-refractivity contribution is -0.130. The van der Waals surface area contributed by atoms with Gasteiger partial charge in [-0.1, -0.05) is 43.7 Å². The van der Waals surface area contributed by atoms with Gasteiger partial charge in [0.05, 0.1) is 17.9 Å². The van der Waals surface area contributed by atoms with Crippen LogP contribution in [0.4, 0.5) is 5.69 Å². The number of nitrogens with zero attached hydrogens (tertiary/aromatic N) is 4. The molecule has 6 nitrogen and oxygen atoms in total. The lowest BCUT2D eigenvalue weighted by atomic mass is 10.1. The van der Waals surface area contributed by atoms with Gasteiger partial charge in [-0.05, 0) is 55.7 Å². The number of rotatable bonds is 8. The SMILES string of the molecule is CCCc1cc(CNCC(=O)N2CCN(c3cccc(C)c3C)CC2)nn1-c1ccccc1. The van der Waals surface area contributed by atoms with Crippen LogP contribution in [0, 0.1) is 13.8 Å². The van der Waals surface area contributed by atoms with Crippen molar-refractivity contribution in [2.75, 3.05) is 37.6 Å². The van der Waals surface area contributed by atoms with E-state index in [4.69, 9.17) is 5.10 Å². The number of aromatic nitrogens is 2. The van der Waals surface area contributed by atoms with Crippen molar-refractivity contribution in [2.45, 2.75) is 40.2 Å². The minimum atomic E-state index is 0.159. The Morgan fingerprint density at radius 2 is 1.76 bits per heavy atom. The predicted molar refractivity (Wildman–Crippen MR) is 134 cm³/mol. The lowest BCUT2D eigenvalue weighted by Crippen LogP contribution is -2.51. The van der Waals surface area contributed by atoms with Crippen LogP contribution in [0.25, 0.3) is 5.69 Å². The van der Waals surface area contributed by atoms with Crippen LogP contribution in [0.5, 0.6) is 0 Å². The first kappa shape index (κ1) is 23.1. The van der Waals surface area contributed by atoms with E-state index in [2.05, 4.69) is 67.4 Å². The molecule has 1 aromatic heterocycles. The third-order valence-electron chi connectivity index (χ3n) is 6.47. The van der Waals surface area contributed by atoms with Crippen molar-refractivity contribution < 1.29 is 4.79 Å². The Kier molecular flexibility index (Phi) is 7.45. The van der Waals surface area contributed by atoms with Gasteiger partial charge in [-0.25, -0.2) is 4.68 Å². The summed E-state index contributed by atoms with van der Waals surface area (Å²) in [6, 6.07) is 18.8. The Bertz CT molecular complexity index is 1070. The van der Waals surface area contributed by atoms with Crippen LogP contribution < -0.4 is 10.2 Å². The summed E-state index contributed by atoms with van der Waals surface area (Å²) in [7, 11) is 0. The van der Waals surface area contributed by atoms with Crippen molar-refractivity contribution in [2.24, 2.45) is 0 Å². The second-order valence-corrected chi connectivity index (χ2v) is 8.81. The highest BCUT2D eigenvalue weighted by molar-refractivity contribution is 5.78. The Hall–Kier alpha value is -3.12. The van der Waals surface area contributed by atoms with E-state index in [0.29, 0.717) is 13.1 Å². The molecule has 0 radical (unpaired) electrons. The Morgan fingerprint density at radius 1 is 1.00 bits per heavy atom. The van der Waals surface area contributed by atoms with E-state index in [1.165, 1.54) is 22.5 Å². The fourth-order valence-electron chi connectivity index (χ4n) is 4.47. The predicted octanol–water partition coefficient (Wildman–Crippen LogP) is 3.88. The molecule has 0 spiro atoms. The van der Waals surface area contributed by atoms with Gasteiger partial charge in [0, 0.05) is 44.1 Å². The first-order valence-corrected chi connectivity index (χ1v) is 12.0. The first-order valence-electron chi connectivity index (χ1n) is 12.0. The van der Waals surface area contributed by atoms with Gasteiger partial charge in [-0.15, -0.1) is 0 Å². The third kappa shape index (κ3) is 5.45. The molecule has 1 fully saturated rings. The number of hydrogen-bond donors (Lipinski definition) is 1. The van der Waals surface area contributed by atoms with Crippen LogP contribution in [0.15, 0.2) is 54.6 Å². The van der Waals surface area contributed by atoms with Crippen LogP contribution in [-0.2, 0) is 17.8 Å². The summed E-state index contributed by atoms with van der Waals surface area (Å²) in [6.45, 7) is 10.7. The number of amides is 1. The van der Waals surface area contributed by atoms with E-state index >= 15 is 0 Å². The summed E-state index contributed by atoms with van der Waals surface area (Å²) in [5.41, 5.74) is 7.18. The molecular weight excluding hydrogens is 410 g/mol. The van der Waals surface area contributed by atoms with Gasteiger partial charge in [0.2, 0.25) is 5.91 Å². The molecule has 1 aliphatic heterocycles. The molecule has 4 rings (SSSR count). The summed E-state index contributed by atoms with van der Waals surface area (Å²) in [6.07, 6.45) is 2.05. The number of piperazine rings is 1. The summed E-state index contributed by atoms with van der Waals surface area (Å²) >= 11 is 0. The smallest absolute Gasteiger partial charge is 0.236 e. The van der Waals surface area contributed by atoms with E-state index in [0.717, 1.165) is 50.4 Å². The molecule has 1 aliphatic rings. The minimum absolute atomic E-state index is 0.159. The van der Waals surface area contributed by atoms with Crippen LogP contribution in [0.2, 0.25) is 0 Å². The van der Waals surface area contributed by atoms with Crippen molar-refractivity contribution in [1.29, 1.82) is 0 Å². The van der Waals surface area contributed by atoms with E-state index in [1.54, 1.807) is 0 Å². The molecule has 0 aliphatic carbocycles. The van der Waals surface area contributed by atoms with Crippen molar-refractivity contribution in [1.82, 2.24) is 20.0 Å². The van der Waals surface area contributed by atoms with E-state index < -0.39 is 0 Å². The van der Waals surface area contributed by atoms with Crippen LogP contribution in [0.1, 0.15) is 35.9 Å². The highest BCUT2D eigenvalue weighted by Crippen LogP contribution is 2.23. The number of para-hydroxylation sites is 1. The van der Waals surface area contributed by atoms with E-state index in [-0.39, 0.29) is 5.91 Å². The zero-order chi connectivity index (χ0) is 23.2. The van der Waals surface area contributed by atoms with Crippen molar-refractivity contribution in [3.8, 4) is 5.69 Å². The van der Waals surface area contributed by atoms with Gasteiger partial charge in [0.25, 0.3) is 0 Å². The lowest BCUT2D eigenvalue weighted by Gasteiger charge is -2.37. The Morgan fingerprint density at radius 3 is 2.48 bits per heavy atom. The number of aryl methyl sites for hydroxylation is 2. The maximum Gasteiger partial charge on any atom is 0.236 e. The van der Waals surface area contributed by atoms with Crippen LogP contribution in [-0.4, -0.2) is 53.3 Å². The molecule has 2 heterocycles. The summed E-state index contributed by atoms with van der Waals surface area (Å²) in [5, 5.41) is 8.10. The van der Waals surface area contributed by atoms with Gasteiger partial charge in [0.1, 0.15) is 0 Å². The molecule has 174 valence electrons. The van der Waals surface area contributed by atoms with Crippen molar-refractivity contribution in [3.05, 3.63) is 77.1 Å². The molecule has 0 atom stereocenters. The fraction of sp³-hybridized carbons (Fsp3) is 0.407. The first-order chi connectivity index (χ1) is 16.1. The average Bonchev–Trinajstić information content (AvgIpc) is 3.24.